The Morgan fingerprint density at radius 2 is 2.17 bits per heavy atom. The number of primary amides is 1. The SMILES string of the molecule is C[S+]([O-])c1cc(N2CCC(O)CC2)nc2sc(C(N)=O)c(N)c12. The van der Waals surface area contributed by atoms with Crippen LogP contribution in [0.5, 0.6) is 0 Å². The van der Waals surface area contributed by atoms with E-state index in [4.69, 9.17) is 11.5 Å². The van der Waals surface area contributed by atoms with Crippen LogP contribution < -0.4 is 16.4 Å². The maximum absolute atomic E-state index is 12.1. The summed E-state index contributed by atoms with van der Waals surface area (Å²) in [4.78, 5) is 19.5. The van der Waals surface area contributed by atoms with Gasteiger partial charge in [0.25, 0.3) is 5.91 Å². The minimum atomic E-state index is -1.28. The summed E-state index contributed by atoms with van der Waals surface area (Å²) in [6.07, 6.45) is 2.63. The number of hydrogen-bond donors (Lipinski definition) is 3. The van der Waals surface area contributed by atoms with Crippen LogP contribution in [0.15, 0.2) is 11.0 Å². The number of aliphatic hydroxyl groups is 1. The van der Waals surface area contributed by atoms with Crippen molar-refractivity contribution in [2.75, 3.05) is 30.0 Å². The number of piperidine rings is 1. The Kier molecular flexibility index (Phi) is 4.37. The van der Waals surface area contributed by atoms with Crippen LogP contribution in [-0.4, -0.2) is 46.0 Å². The van der Waals surface area contributed by atoms with Crippen LogP contribution in [0.4, 0.5) is 11.5 Å². The molecule has 1 aliphatic rings. The van der Waals surface area contributed by atoms with E-state index >= 15 is 0 Å². The van der Waals surface area contributed by atoms with E-state index in [9.17, 15) is 14.5 Å². The summed E-state index contributed by atoms with van der Waals surface area (Å²) in [5.41, 5.74) is 11.6. The lowest BCUT2D eigenvalue weighted by Gasteiger charge is -2.30. The van der Waals surface area contributed by atoms with Gasteiger partial charge in [0, 0.05) is 19.2 Å². The fraction of sp³-hybridized carbons (Fsp3) is 0.429. The molecule has 0 saturated carbocycles. The van der Waals surface area contributed by atoms with E-state index in [1.807, 2.05) is 4.90 Å². The van der Waals surface area contributed by atoms with Gasteiger partial charge in [-0.05, 0) is 24.0 Å². The van der Waals surface area contributed by atoms with Gasteiger partial charge in [-0.2, -0.15) is 0 Å². The molecule has 1 unspecified atom stereocenters. The molecule has 2 aromatic rings. The van der Waals surface area contributed by atoms with E-state index in [0.717, 1.165) is 11.3 Å². The van der Waals surface area contributed by atoms with Crippen molar-refractivity contribution in [3.63, 3.8) is 0 Å². The zero-order valence-electron chi connectivity index (χ0n) is 12.6. The number of carbonyl (C=O) groups excluding carboxylic acids is 1. The normalized spacial score (nSPS) is 17.6. The van der Waals surface area contributed by atoms with Crippen LogP contribution in [0.3, 0.4) is 0 Å². The van der Waals surface area contributed by atoms with Crippen molar-refractivity contribution in [1.82, 2.24) is 4.98 Å². The van der Waals surface area contributed by atoms with Crippen LogP contribution in [0.2, 0.25) is 0 Å². The van der Waals surface area contributed by atoms with Crippen LogP contribution in [0.25, 0.3) is 10.2 Å². The first-order chi connectivity index (χ1) is 10.9. The minimum Gasteiger partial charge on any atom is -0.612 e. The standard InChI is InChI=1S/C14H18N4O3S2/c1-23(21)8-6-9(18-4-2-7(19)3-5-18)17-14-10(8)11(15)12(22-14)13(16)20/h6-7,19H,2-5,15H2,1H3,(H2,16,20). The van der Waals surface area contributed by atoms with Crippen molar-refractivity contribution in [2.45, 2.75) is 23.8 Å². The Labute approximate surface area is 140 Å². The molecule has 5 N–H and O–H groups in total. The topological polar surface area (TPSA) is 129 Å². The molecule has 0 aromatic carbocycles. The number of thiophene rings is 1. The largest absolute Gasteiger partial charge is 0.612 e. The van der Waals surface area contributed by atoms with Gasteiger partial charge in [-0.25, -0.2) is 4.98 Å². The molecule has 3 rings (SSSR count). The van der Waals surface area contributed by atoms with Gasteiger partial charge in [0.2, 0.25) is 0 Å². The molecule has 1 saturated heterocycles. The summed E-state index contributed by atoms with van der Waals surface area (Å²) in [6, 6.07) is 1.75. The summed E-state index contributed by atoms with van der Waals surface area (Å²) in [5.74, 6) is 0.0767. The van der Waals surface area contributed by atoms with Crippen molar-refractivity contribution in [2.24, 2.45) is 5.73 Å². The number of pyridine rings is 1. The van der Waals surface area contributed by atoms with E-state index in [0.29, 0.717) is 46.9 Å². The lowest BCUT2D eigenvalue weighted by Crippen LogP contribution is -2.36. The van der Waals surface area contributed by atoms with Crippen molar-refractivity contribution >= 4 is 50.1 Å². The zero-order valence-corrected chi connectivity index (χ0v) is 14.2. The van der Waals surface area contributed by atoms with Crippen LogP contribution in [0.1, 0.15) is 22.5 Å². The summed E-state index contributed by atoms with van der Waals surface area (Å²) >= 11 is -0.156. The van der Waals surface area contributed by atoms with Gasteiger partial charge in [-0.15, -0.1) is 11.3 Å². The number of rotatable bonds is 3. The molecule has 0 spiro atoms. The maximum Gasteiger partial charge on any atom is 0.260 e. The number of nitrogen functional groups attached to an aromatic ring is 1. The molecule has 0 aliphatic carbocycles. The number of fused-ring (bicyclic) bond motifs is 1. The predicted octanol–water partition coefficient (Wildman–Crippen LogP) is 0.676. The molecule has 0 bridgehead atoms. The molecule has 1 aliphatic heterocycles. The summed E-state index contributed by atoms with van der Waals surface area (Å²) < 4.78 is 12.1. The van der Waals surface area contributed by atoms with Crippen LogP contribution in [-0.2, 0) is 11.2 Å². The van der Waals surface area contributed by atoms with Gasteiger partial charge in [0.1, 0.15) is 21.8 Å². The first-order valence-corrected chi connectivity index (χ1v) is 9.55. The highest BCUT2D eigenvalue weighted by molar-refractivity contribution is 7.91. The predicted molar refractivity (Wildman–Crippen MR) is 92.3 cm³/mol. The Hall–Kier alpha value is -1.55. The number of aliphatic hydroxyl groups excluding tert-OH is 1. The minimum absolute atomic E-state index is 0.241. The molecule has 1 atom stereocenters. The van der Waals surface area contributed by atoms with Gasteiger partial charge in [0.15, 0.2) is 4.90 Å². The van der Waals surface area contributed by atoms with E-state index in [1.165, 1.54) is 0 Å². The highest BCUT2D eigenvalue weighted by Gasteiger charge is 2.26. The lowest BCUT2D eigenvalue weighted by atomic mass is 10.1. The van der Waals surface area contributed by atoms with Gasteiger partial charge in [-0.3, -0.25) is 4.79 Å². The fourth-order valence-corrected chi connectivity index (χ4v) is 4.54. The quantitative estimate of drug-likeness (QED) is 0.695. The van der Waals surface area contributed by atoms with E-state index in [1.54, 1.807) is 12.3 Å². The first kappa shape index (κ1) is 16.3. The first-order valence-electron chi connectivity index (χ1n) is 7.17. The fourth-order valence-electron chi connectivity index (χ4n) is 2.74. The van der Waals surface area contributed by atoms with Gasteiger partial charge < -0.3 is 26.0 Å². The number of aromatic nitrogens is 1. The van der Waals surface area contributed by atoms with Crippen molar-refractivity contribution < 1.29 is 14.5 Å². The molecule has 1 fully saturated rings. The molecular weight excluding hydrogens is 336 g/mol. The van der Waals surface area contributed by atoms with Crippen molar-refractivity contribution in [3.8, 4) is 0 Å². The van der Waals surface area contributed by atoms with E-state index in [-0.39, 0.29) is 16.7 Å². The van der Waals surface area contributed by atoms with Crippen LogP contribution >= 0.6 is 11.3 Å². The van der Waals surface area contributed by atoms with E-state index < -0.39 is 17.1 Å². The average Bonchev–Trinajstić information content (AvgIpc) is 2.84. The second-order valence-corrected chi connectivity index (χ2v) is 7.89. The highest BCUT2D eigenvalue weighted by Crippen LogP contribution is 2.38. The van der Waals surface area contributed by atoms with E-state index in [2.05, 4.69) is 4.98 Å². The Bertz CT molecular complexity index is 754. The molecule has 9 heteroatoms. The number of nitrogens with zero attached hydrogens (tertiary/aromatic N) is 2. The third kappa shape index (κ3) is 2.97. The summed E-state index contributed by atoms with van der Waals surface area (Å²) in [5, 5.41) is 10.2. The Morgan fingerprint density at radius 1 is 1.52 bits per heavy atom. The summed E-state index contributed by atoms with van der Waals surface area (Å²) in [7, 11) is 0. The molecular formula is C14H18N4O3S2. The molecule has 1 amide bonds. The Balaban J connectivity index is 2.13. The van der Waals surface area contributed by atoms with Crippen LogP contribution in [0, 0.1) is 0 Å². The monoisotopic (exact) mass is 354 g/mol. The van der Waals surface area contributed by atoms with Gasteiger partial charge in [0.05, 0.1) is 17.2 Å². The molecule has 3 heterocycles. The number of carbonyl (C=O) groups is 1. The number of hydrogen-bond acceptors (Lipinski definition) is 7. The van der Waals surface area contributed by atoms with Gasteiger partial charge in [-0.1, -0.05) is 0 Å². The van der Waals surface area contributed by atoms with Crippen molar-refractivity contribution in [1.29, 1.82) is 0 Å². The second-order valence-electron chi connectivity index (χ2n) is 5.54. The molecule has 124 valence electrons. The molecule has 7 nitrogen and oxygen atoms in total. The number of amides is 1. The molecule has 23 heavy (non-hydrogen) atoms. The number of nitrogens with two attached hydrogens (primary N) is 2. The zero-order chi connectivity index (χ0) is 16.7. The summed E-state index contributed by atoms with van der Waals surface area (Å²) in [6.45, 7) is 1.36. The third-order valence-electron chi connectivity index (χ3n) is 3.97. The van der Waals surface area contributed by atoms with Crippen molar-refractivity contribution in [3.05, 3.63) is 10.9 Å². The van der Waals surface area contributed by atoms with Gasteiger partial charge >= 0.3 is 0 Å². The molecule has 0 radical (unpaired) electrons. The Morgan fingerprint density at radius 3 is 2.74 bits per heavy atom. The third-order valence-corrected chi connectivity index (χ3v) is 6.03. The maximum atomic E-state index is 12.1. The number of anilines is 2. The smallest absolute Gasteiger partial charge is 0.260 e. The molecule has 2 aromatic heterocycles. The average molecular weight is 354 g/mol. The lowest BCUT2D eigenvalue weighted by molar-refractivity contribution is 0.100. The second kappa shape index (κ2) is 6.16. The highest BCUT2D eigenvalue weighted by atomic mass is 32.2.